The van der Waals surface area contributed by atoms with Gasteiger partial charge in [0.15, 0.2) is 0 Å². The highest BCUT2D eigenvalue weighted by Gasteiger charge is 2.05. The van der Waals surface area contributed by atoms with Gasteiger partial charge in [0.1, 0.15) is 5.75 Å². The van der Waals surface area contributed by atoms with Gasteiger partial charge in [-0.1, -0.05) is 0 Å². The van der Waals surface area contributed by atoms with E-state index in [1.54, 1.807) is 11.3 Å². The molecule has 0 saturated carbocycles. The van der Waals surface area contributed by atoms with E-state index in [-0.39, 0.29) is 0 Å². The predicted molar refractivity (Wildman–Crippen MR) is 53.0 cm³/mol. The van der Waals surface area contributed by atoms with Crippen molar-refractivity contribution in [3.05, 3.63) is 28.6 Å². The van der Waals surface area contributed by atoms with Crippen LogP contribution in [0.1, 0.15) is 11.1 Å². The molecule has 1 N–H and O–H groups in total. The Balaban J connectivity index is 2.97. The fourth-order valence-electron chi connectivity index (χ4n) is 1.37. The predicted octanol–water partition coefficient (Wildman–Crippen LogP) is 3.22. The number of aryl methyl sites for hydroxylation is 2. The molecule has 2 rings (SSSR count). The van der Waals surface area contributed by atoms with Crippen LogP contribution in [-0.4, -0.2) is 5.11 Å². The van der Waals surface area contributed by atoms with Crippen LogP contribution in [0.5, 0.6) is 5.75 Å². The summed E-state index contributed by atoms with van der Waals surface area (Å²) < 4.78 is 1.20. The molecule has 12 heavy (non-hydrogen) atoms. The van der Waals surface area contributed by atoms with Crippen LogP contribution in [-0.2, 0) is 0 Å². The number of thiophene rings is 1. The van der Waals surface area contributed by atoms with Crippen LogP contribution < -0.4 is 0 Å². The van der Waals surface area contributed by atoms with Crippen LogP contribution in [0.3, 0.4) is 0 Å². The molecule has 1 aromatic heterocycles. The highest BCUT2D eigenvalue weighted by atomic mass is 32.1. The number of phenols is 1. The van der Waals surface area contributed by atoms with E-state index < -0.39 is 0 Å². The standard InChI is InChI=1S/C10H10OS/c1-6-5-9(11)8-3-4-12-10(8)7(6)2/h3-5,11H,1-2H3. The summed E-state index contributed by atoms with van der Waals surface area (Å²) in [7, 11) is 0. The Morgan fingerprint density at radius 3 is 2.83 bits per heavy atom. The van der Waals surface area contributed by atoms with Crippen LogP contribution in [0.4, 0.5) is 0 Å². The molecule has 0 fully saturated rings. The average molecular weight is 178 g/mol. The third kappa shape index (κ3) is 0.916. The second-order valence-corrected chi connectivity index (χ2v) is 3.92. The Morgan fingerprint density at radius 2 is 2.08 bits per heavy atom. The van der Waals surface area contributed by atoms with E-state index in [1.165, 1.54) is 10.3 Å². The summed E-state index contributed by atoms with van der Waals surface area (Å²) in [6.45, 7) is 4.11. The first-order valence-corrected chi connectivity index (χ1v) is 4.74. The van der Waals surface area contributed by atoms with Crippen molar-refractivity contribution in [2.45, 2.75) is 13.8 Å². The Morgan fingerprint density at radius 1 is 1.33 bits per heavy atom. The van der Waals surface area contributed by atoms with Crippen LogP contribution in [0.25, 0.3) is 10.1 Å². The minimum atomic E-state index is 0.398. The van der Waals surface area contributed by atoms with Gasteiger partial charge in [0.2, 0.25) is 0 Å². The smallest absolute Gasteiger partial charge is 0.124 e. The summed E-state index contributed by atoms with van der Waals surface area (Å²) in [4.78, 5) is 0. The van der Waals surface area contributed by atoms with Crippen LogP contribution >= 0.6 is 11.3 Å². The van der Waals surface area contributed by atoms with E-state index in [0.29, 0.717) is 5.75 Å². The molecule has 0 aliphatic heterocycles. The van der Waals surface area contributed by atoms with Gasteiger partial charge in [-0.05, 0) is 42.5 Å². The van der Waals surface area contributed by atoms with Gasteiger partial charge in [-0.25, -0.2) is 0 Å². The molecule has 0 bridgehead atoms. The number of aromatic hydroxyl groups is 1. The number of hydrogen-bond acceptors (Lipinski definition) is 2. The monoisotopic (exact) mass is 178 g/mol. The highest BCUT2D eigenvalue weighted by Crippen LogP contribution is 2.33. The molecular formula is C10H10OS. The number of phenolic OH excluding ortho intramolecular Hbond substituents is 1. The molecule has 0 saturated heterocycles. The van der Waals surface area contributed by atoms with E-state index in [0.717, 1.165) is 10.9 Å². The molecule has 0 atom stereocenters. The lowest BCUT2D eigenvalue weighted by molar-refractivity contribution is 0.481. The summed E-state index contributed by atoms with van der Waals surface area (Å²) >= 11 is 1.68. The Bertz CT molecular complexity index is 429. The summed E-state index contributed by atoms with van der Waals surface area (Å²) in [5, 5.41) is 12.6. The molecule has 0 spiro atoms. The van der Waals surface area contributed by atoms with Crippen molar-refractivity contribution < 1.29 is 5.11 Å². The van der Waals surface area contributed by atoms with Gasteiger partial charge >= 0.3 is 0 Å². The third-order valence-electron chi connectivity index (χ3n) is 2.23. The lowest BCUT2D eigenvalue weighted by Crippen LogP contribution is -1.80. The maximum atomic E-state index is 9.57. The van der Waals surface area contributed by atoms with Gasteiger partial charge in [0.05, 0.1) is 0 Å². The van der Waals surface area contributed by atoms with Crippen LogP contribution in [0, 0.1) is 13.8 Å². The van der Waals surface area contributed by atoms with Gasteiger partial charge in [-0.2, -0.15) is 0 Å². The first kappa shape index (κ1) is 7.62. The topological polar surface area (TPSA) is 20.2 Å². The molecule has 1 nitrogen and oxygen atoms in total. The summed E-state index contributed by atoms with van der Waals surface area (Å²) in [6.07, 6.45) is 0. The zero-order valence-corrected chi connectivity index (χ0v) is 7.90. The fourth-order valence-corrected chi connectivity index (χ4v) is 2.35. The van der Waals surface area contributed by atoms with Crippen LogP contribution in [0.15, 0.2) is 17.5 Å². The number of fused-ring (bicyclic) bond motifs is 1. The Labute approximate surface area is 75.3 Å². The van der Waals surface area contributed by atoms with Gasteiger partial charge in [-0.15, -0.1) is 11.3 Å². The minimum Gasteiger partial charge on any atom is -0.507 e. The molecule has 0 aliphatic carbocycles. The van der Waals surface area contributed by atoms with Gasteiger partial charge in [0, 0.05) is 10.1 Å². The van der Waals surface area contributed by atoms with Crippen molar-refractivity contribution in [1.29, 1.82) is 0 Å². The maximum Gasteiger partial charge on any atom is 0.124 e. The molecule has 0 aliphatic rings. The zero-order valence-electron chi connectivity index (χ0n) is 7.09. The van der Waals surface area contributed by atoms with Crippen molar-refractivity contribution in [3.8, 4) is 5.75 Å². The second-order valence-electron chi connectivity index (χ2n) is 3.00. The summed E-state index contributed by atoms with van der Waals surface area (Å²) in [5.41, 5.74) is 2.43. The van der Waals surface area contributed by atoms with Gasteiger partial charge < -0.3 is 5.11 Å². The van der Waals surface area contributed by atoms with E-state index >= 15 is 0 Å². The first-order valence-electron chi connectivity index (χ1n) is 3.86. The van der Waals surface area contributed by atoms with Crippen molar-refractivity contribution in [2.75, 3.05) is 0 Å². The van der Waals surface area contributed by atoms with Crippen molar-refractivity contribution in [3.63, 3.8) is 0 Å². The van der Waals surface area contributed by atoms with Gasteiger partial charge in [0.25, 0.3) is 0 Å². The first-order chi connectivity index (χ1) is 5.70. The molecule has 62 valence electrons. The molecule has 0 amide bonds. The second kappa shape index (κ2) is 2.49. The minimum absolute atomic E-state index is 0.398. The van der Waals surface area contributed by atoms with Crippen molar-refractivity contribution in [1.82, 2.24) is 0 Å². The van der Waals surface area contributed by atoms with E-state index in [9.17, 15) is 5.11 Å². The van der Waals surface area contributed by atoms with E-state index in [1.807, 2.05) is 24.4 Å². The lowest BCUT2D eigenvalue weighted by atomic mass is 10.1. The quantitative estimate of drug-likeness (QED) is 0.656. The lowest BCUT2D eigenvalue weighted by Gasteiger charge is -2.02. The third-order valence-corrected chi connectivity index (χ3v) is 3.26. The number of hydrogen-bond donors (Lipinski definition) is 1. The Hall–Kier alpha value is -1.02. The van der Waals surface area contributed by atoms with E-state index in [4.69, 9.17) is 0 Å². The molecule has 0 unspecified atom stereocenters. The molecule has 1 aromatic carbocycles. The normalized spacial score (nSPS) is 10.8. The molecular weight excluding hydrogens is 168 g/mol. The zero-order chi connectivity index (χ0) is 8.72. The number of rotatable bonds is 0. The number of benzene rings is 1. The maximum absolute atomic E-state index is 9.57. The van der Waals surface area contributed by atoms with Crippen LogP contribution in [0.2, 0.25) is 0 Å². The van der Waals surface area contributed by atoms with Crippen molar-refractivity contribution in [2.24, 2.45) is 0 Å². The van der Waals surface area contributed by atoms with E-state index in [2.05, 4.69) is 6.92 Å². The molecule has 2 aromatic rings. The Kier molecular flexibility index (Phi) is 1.58. The largest absolute Gasteiger partial charge is 0.507 e. The SMILES string of the molecule is Cc1cc(O)c2ccsc2c1C. The highest BCUT2D eigenvalue weighted by molar-refractivity contribution is 7.17. The molecule has 1 heterocycles. The van der Waals surface area contributed by atoms with Crippen molar-refractivity contribution >= 4 is 21.4 Å². The summed E-state index contributed by atoms with van der Waals surface area (Å²) in [5.74, 6) is 0.398. The summed E-state index contributed by atoms with van der Waals surface area (Å²) in [6, 6.07) is 3.78. The fraction of sp³-hybridized carbons (Fsp3) is 0.200. The van der Waals surface area contributed by atoms with Gasteiger partial charge in [-0.3, -0.25) is 0 Å². The molecule has 0 radical (unpaired) electrons. The average Bonchev–Trinajstić information content (AvgIpc) is 2.48. The molecule has 2 heteroatoms.